The van der Waals surface area contributed by atoms with Gasteiger partial charge in [0.2, 0.25) is 0 Å². The number of morpholine rings is 1. The summed E-state index contributed by atoms with van der Waals surface area (Å²) in [5, 5.41) is 0. The lowest BCUT2D eigenvalue weighted by Crippen LogP contribution is -2.56. The molecule has 1 saturated heterocycles. The van der Waals surface area contributed by atoms with Gasteiger partial charge < -0.3 is 4.74 Å². The predicted molar refractivity (Wildman–Crippen MR) is 83.9 cm³/mol. The number of halogens is 2. The number of hydrogen-bond acceptors (Lipinski definition) is 3. The van der Waals surface area contributed by atoms with E-state index >= 15 is 0 Å². The van der Waals surface area contributed by atoms with Gasteiger partial charge in [-0.2, -0.15) is 0 Å². The van der Waals surface area contributed by atoms with E-state index in [0.29, 0.717) is 23.2 Å². The van der Waals surface area contributed by atoms with E-state index in [4.69, 9.17) is 4.74 Å². The minimum atomic E-state index is -0.511. The third-order valence-electron chi connectivity index (χ3n) is 4.29. The van der Waals surface area contributed by atoms with Crippen molar-refractivity contribution in [3.05, 3.63) is 34.1 Å². The molecule has 5 heteroatoms. The van der Waals surface area contributed by atoms with E-state index in [2.05, 4.69) is 20.8 Å². The van der Waals surface area contributed by atoms with Gasteiger partial charge in [0.1, 0.15) is 5.82 Å². The molecule has 1 aromatic carbocycles. The third-order valence-corrected chi connectivity index (χ3v) is 4.74. The fourth-order valence-electron chi connectivity index (χ4n) is 2.74. The van der Waals surface area contributed by atoms with E-state index < -0.39 is 5.54 Å². The summed E-state index contributed by atoms with van der Waals surface area (Å²) in [6, 6.07) is 4.63. The molecule has 21 heavy (non-hydrogen) atoms. The second-order valence-corrected chi connectivity index (χ2v) is 6.52. The summed E-state index contributed by atoms with van der Waals surface area (Å²) in [5.74, 6) is -0.193. The molecule has 0 aromatic heterocycles. The molecule has 1 aromatic rings. The van der Waals surface area contributed by atoms with Crippen LogP contribution in [-0.4, -0.2) is 42.5 Å². The Labute approximate surface area is 133 Å². The van der Waals surface area contributed by atoms with E-state index in [1.54, 1.807) is 6.07 Å². The first-order valence-corrected chi connectivity index (χ1v) is 8.06. The Bertz CT molecular complexity index is 497. The summed E-state index contributed by atoms with van der Waals surface area (Å²) in [6.45, 7) is 6.86. The molecule has 3 nitrogen and oxygen atoms in total. The minimum absolute atomic E-state index is 0.129. The first-order valence-electron chi connectivity index (χ1n) is 7.27. The Kier molecular flexibility index (Phi) is 5.52. The van der Waals surface area contributed by atoms with Crippen LogP contribution in [0.2, 0.25) is 0 Å². The number of nitrogens with zero attached hydrogens (tertiary/aromatic N) is 1. The van der Waals surface area contributed by atoms with Crippen molar-refractivity contribution in [1.29, 1.82) is 0 Å². The molecule has 1 fully saturated rings. The van der Waals surface area contributed by atoms with Crippen LogP contribution in [0.5, 0.6) is 0 Å². The molecule has 0 radical (unpaired) electrons. The van der Waals surface area contributed by atoms with Crippen molar-refractivity contribution in [2.75, 3.05) is 26.3 Å². The molecule has 0 saturated carbocycles. The van der Waals surface area contributed by atoms with Crippen LogP contribution in [0.15, 0.2) is 22.7 Å². The number of Topliss-reactive ketones (excluding diaryl/α,β-unsaturated/α-hetero) is 1. The number of ether oxygens (including phenoxy) is 1. The number of carbonyl (C=O) groups excluding carboxylic acids is 1. The lowest BCUT2D eigenvalue weighted by molar-refractivity contribution is -0.133. The molecule has 0 amide bonds. The highest BCUT2D eigenvalue weighted by molar-refractivity contribution is 9.10. The Morgan fingerprint density at radius 3 is 2.62 bits per heavy atom. The fourth-order valence-corrected chi connectivity index (χ4v) is 3.26. The zero-order valence-corrected chi connectivity index (χ0v) is 14.1. The van der Waals surface area contributed by atoms with Gasteiger partial charge in [-0.1, -0.05) is 22.9 Å². The smallest absolute Gasteiger partial charge is 0.157 e. The quantitative estimate of drug-likeness (QED) is 0.810. The van der Waals surface area contributed by atoms with Crippen LogP contribution in [-0.2, 0) is 16.0 Å². The lowest BCUT2D eigenvalue weighted by atomic mass is 9.87. The van der Waals surface area contributed by atoms with Crippen molar-refractivity contribution in [1.82, 2.24) is 4.90 Å². The molecule has 1 aliphatic heterocycles. The van der Waals surface area contributed by atoms with Crippen molar-refractivity contribution in [3.8, 4) is 0 Å². The molecule has 116 valence electrons. The zero-order valence-electron chi connectivity index (χ0n) is 12.5. The highest BCUT2D eigenvalue weighted by Crippen LogP contribution is 2.25. The first-order chi connectivity index (χ1) is 9.95. The maximum Gasteiger partial charge on any atom is 0.157 e. The average molecular weight is 358 g/mol. The second-order valence-electron chi connectivity index (χ2n) is 5.60. The Balaban J connectivity index is 2.15. The molecular weight excluding hydrogens is 337 g/mol. The Morgan fingerprint density at radius 1 is 1.38 bits per heavy atom. The first kappa shape index (κ1) is 16.6. The van der Waals surface area contributed by atoms with E-state index in [0.717, 1.165) is 19.5 Å². The molecule has 0 spiro atoms. The maximum absolute atomic E-state index is 13.4. The molecule has 2 rings (SSSR count). The molecule has 0 aliphatic carbocycles. The molecule has 0 bridgehead atoms. The van der Waals surface area contributed by atoms with E-state index in [1.165, 1.54) is 12.1 Å². The normalized spacial score (nSPS) is 19.2. The highest BCUT2D eigenvalue weighted by atomic mass is 79.9. The Hall–Kier alpha value is -0.780. The summed E-state index contributed by atoms with van der Waals surface area (Å²) in [7, 11) is 0. The molecule has 1 heterocycles. The van der Waals surface area contributed by atoms with Gasteiger partial charge in [0, 0.05) is 24.0 Å². The molecular formula is C16H21BrFNO2. The van der Waals surface area contributed by atoms with Crippen LogP contribution in [0, 0.1) is 5.82 Å². The maximum atomic E-state index is 13.4. The number of benzene rings is 1. The van der Waals surface area contributed by atoms with E-state index in [1.807, 2.05) is 13.8 Å². The topological polar surface area (TPSA) is 29.5 Å². The van der Waals surface area contributed by atoms with Crippen LogP contribution >= 0.6 is 15.9 Å². The van der Waals surface area contributed by atoms with Crippen molar-refractivity contribution in [3.63, 3.8) is 0 Å². The molecule has 0 N–H and O–H groups in total. The summed E-state index contributed by atoms with van der Waals surface area (Å²) in [4.78, 5) is 15.0. The monoisotopic (exact) mass is 357 g/mol. The Morgan fingerprint density at radius 2 is 2.05 bits per heavy atom. The van der Waals surface area contributed by atoms with Gasteiger partial charge in [-0.05, 0) is 37.1 Å². The number of carbonyl (C=O) groups is 1. The third kappa shape index (κ3) is 3.90. The summed E-state index contributed by atoms with van der Waals surface area (Å²) >= 11 is 3.27. The lowest BCUT2D eigenvalue weighted by Gasteiger charge is -2.41. The fraction of sp³-hybridized carbons (Fsp3) is 0.562. The van der Waals surface area contributed by atoms with Crippen LogP contribution in [0.3, 0.4) is 0 Å². The van der Waals surface area contributed by atoms with Gasteiger partial charge in [0.15, 0.2) is 5.78 Å². The summed E-state index contributed by atoms with van der Waals surface area (Å²) in [5.41, 5.74) is 0.197. The standard InChI is InChI=1S/C16H21BrFNO2/c1-3-16(2,19-4-6-21-7-5-19)15(20)10-12-8-13(17)11-14(18)9-12/h8-9,11H,3-7,10H2,1-2H3. The van der Waals surface area contributed by atoms with E-state index in [-0.39, 0.29) is 18.0 Å². The van der Waals surface area contributed by atoms with Gasteiger partial charge in [-0.3, -0.25) is 9.69 Å². The van der Waals surface area contributed by atoms with Crippen molar-refractivity contribution in [2.24, 2.45) is 0 Å². The molecule has 1 unspecified atom stereocenters. The van der Waals surface area contributed by atoms with Crippen LogP contribution in [0.4, 0.5) is 4.39 Å². The van der Waals surface area contributed by atoms with Crippen molar-refractivity contribution in [2.45, 2.75) is 32.2 Å². The number of rotatable bonds is 5. The second kappa shape index (κ2) is 6.99. The van der Waals surface area contributed by atoms with Gasteiger partial charge in [0.05, 0.1) is 18.8 Å². The highest BCUT2D eigenvalue weighted by Gasteiger charge is 2.37. The number of hydrogen-bond donors (Lipinski definition) is 0. The zero-order chi connectivity index (χ0) is 15.5. The largest absolute Gasteiger partial charge is 0.379 e. The minimum Gasteiger partial charge on any atom is -0.379 e. The van der Waals surface area contributed by atoms with Crippen LogP contribution in [0.25, 0.3) is 0 Å². The van der Waals surface area contributed by atoms with Gasteiger partial charge in [-0.25, -0.2) is 4.39 Å². The summed E-state index contributed by atoms with van der Waals surface area (Å²) in [6.07, 6.45) is 0.986. The van der Waals surface area contributed by atoms with Gasteiger partial charge in [0.25, 0.3) is 0 Å². The van der Waals surface area contributed by atoms with Crippen LogP contribution < -0.4 is 0 Å². The predicted octanol–water partition coefficient (Wildman–Crippen LogP) is 3.20. The molecule has 1 atom stereocenters. The van der Waals surface area contributed by atoms with E-state index in [9.17, 15) is 9.18 Å². The van der Waals surface area contributed by atoms with Crippen LogP contribution in [0.1, 0.15) is 25.8 Å². The van der Waals surface area contributed by atoms with Crippen molar-refractivity contribution < 1.29 is 13.9 Å². The SMILES string of the molecule is CCC(C)(C(=O)Cc1cc(F)cc(Br)c1)N1CCOCC1. The average Bonchev–Trinajstić information content (AvgIpc) is 2.46. The van der Waals surface area contributed by atoms with Gasteiger partial charge >= 0.3 is 0 Å². The van der Waals surface area contributed by atoms with Gasteiger partial charge in [-0.15, -0.1) is 0 Å². The number of ketones is 1. The summed E-state index contributed by atoms with van der Waals surface area (Å²) < 4.78 is 19.5. The van der Waals surface area contributed by atoms with Crippen molar-refractivity contribution >= 4 is 21.7 Å². The molecule has 1 aliphatic rings.